The van der Waals surface area contributed by atoms with E-state index in [9.17, 15) is 9.59 Å². The van der Waals surface area contributed by atoms with Crippen LogP contribution in [-0.2, 0) is 9.59 Å². The minimum Gasteiger partial charge on any atom is -0.480 e. The number of nitrogens with two attached hydrogens (primary N) is 1. The molecule has 0 aromatic rings. The van der Waals surface area contributed by atoms with E-state index in [1.54, 1.807) is 0 Å². The second-order valence-corrected chi connectivity index (χ2v) is 1.49. The predicted octanol–water partition coefficient (Wildman–Crippen LogP) is -2.04. The molecule has 52 valence electrons. The second kappa shape index (κ2) is 3.16. The summed E-state index contributed by atoms with van der Waals surface area (Å²) in [7, 11) is 0. The molecular weight excluding hydrogens is 126 g/mol. The molecule has 0 bridgehead atoms. The fourth-order valence-corrected chi connectivity index (χ4v) is 0.231. The fraction of sp³-hybridized carbons (Fsp3) is 0.500. The van der Waals surface area contributed by atoms with E-state index in [0.29, 0.717) is 0 Å². The zero-order valence-corrected chi connectivity index (χ0v) is 4.52. The van der Waals surface area contributed by atoms with E-state index in [2.05, 4.69) is 0 Å². The summed E-state index contributed by atoms with van der Waals surface area (Å²) >= 11 is 0. The first-order valence-corrected chi connectivity index (χ1v) is 2.21. The van der Waals surface area contributed by atoms with Crippen molar-refractivity contribution in [1.82, 2.24) is 0 Å². The smallest absolute Gasteiger partial charge is 0.323 e. The van der Waals surface area contributed by atoms with Crippen molar-refractivity contribution < 1.29 is 19.8 Å². The SMILES string of the molecule is N[C@H](C(=O)O)[C@H](O)C=O. The lowest BCUT2D eigenvalue weighted by molar-refractivity contribution is -0.142. The van der Waals surface area contributed by atoms with E-state index in [1.165, 1.54) is 0 Å². The Morgan fingerprint density at radius 1 is 1.67 bits per heavy atom. The van der Waals surface area contributed by atoms with Gasteiger partial charge in [0.2, 0.25) is 0 Å². The highest BCUT2D eigenvalue weighted by atomic mass is 16.4. The van der Waals surface area contributed by atoms with Crippen LogP contribution in [0.2, 0.25) is 0 Å². The number of aliphatic carboxylic acids is 1. The van der Waals surface area contributed by atoms with Crippen molar-refractivity contribution >= 4 is 12.3 Å². The Balaban J connectivity index is 3.86. The number of aliphatic hydroxyl groups excluding tert-OH is 1. The highest BCUT2D eigenvalue weighted by molar-refractivity contribution is 5.78. The zero-order chi connectivity index (χ0) is 7.44. The maximum atomic E-state index is 9.86. The van der Waals surface area contributed by atoms with Crippen molar-refractivity contribution in [1.29, 1.82) is 0 Å². The average Bonchev–Trinajstić information content (AvgIpc) is 1.84. The zero-order valence-electron chi connectivity index (χ0n) is 4.52. The van der Waals surface area contributed by atoms with Crippen LogP contribution in [0.3, 0.4) is 0 Å². The van der Waals surface area contributed by atoms with Crippen molar-refractivity contribution in [3.8, 4) is 0 Å². The molecule has 0 fully saturated rings. The summed E-state index contributed by atoms with van der Waals surface area (Å²) in [5, 5.41) is 16.5. The van der Waals surface area contributed by atoms with Crippen LogP contribution in [0.25, 0.3) is 0 Å². The summed E-state index contributed by atoms with van der Waals surface area (Å²) in [5.41, 5.74) is 4.79. The standard InChI is InChI=1S/C4H7NO4/c5-3(4(8)9)2(7)1-6/h1-3,7H,5H2,(H,8,9)/t2-,3+/m1/s1. The monoisotopic (exact) mass is 133 g/mol. The maximum absolute atomic E-state index is 9.86. The Labute approximate surface area is 51.1 Å². The van der Waals surface area contributed by atoms with Crippen molar-refractivity contribution in [2.24, 2.45) is 5.73 Å². The average molecular weight is 133 g/mol. The molecule has 0 amide bonds. The molecule has 9 heavy (non-hydrogen) atoms. The molecule has 0 aliphatic rings. The molecule has 4 N–H and O–H groups in total. The Hall–Kier alpha value is -0.940. The van der Waals surface area contributed by atoms with Gasteiger partial charge in [0, 0.05) is 0 Å². The molecule has 0 rings (SSSR count). The fourth-order valence-electron chi connectivity index (χ4n) is 0.231. The maximum Gasteiger partial charge on any atom is 0.323 e. The number of hydrogen-bond donors (Lipinski definition) is 3. The molecule has 0 aromatic carbocycles. The van der Waals surface area contributed by atoms with E-state index in [4.69, 9.17) is 15.9 Å². The van der Waals surface area contributed by atoms with Crippen molar-refractivity contribution in [2.45, 2.75) is 12.1 Å². The Kier molecular flexibility index (Phi) is 2.83. The van der Waals surface area contributed by atoms with E-state index < -0.39 is 18.1 Å². The number of carboxylic acid groups (broad SMARTS) is 1. The molecule has 0 aliphatic carbocycles. The number of aldehydes is 1. The van der Waals surface area contributed by atoms with E-state index in [-0.39, 0.29) is 6.29 Å². The molecule has 0 aliphatic heterocycles. The molecule has 0 heterocycles. The van der Waals surface area contributed by atoms with Crippen LogP contribution < -0.4 is 5.73 Å². The van der Waals surface area contributed by atoms with Gasteiger partial charge < -0.3 is 20.7 Å². The molecule has 0 radical (unpaired) electrons. The van der Waals surface area contributed by atoms with Gasteiger partial charge in [-0.25, -0.2) is 0 Å². The lowest BCUT2D eigenvalue weighted by Crippen LogP contribution is -2.42. The number of carbonyl (C=O) groups excluding carboxylic acids is 1. The van der Waals surface area contributed by atoms with Gasteiger partial charge in [-0.15, -0.1) is 0 Å². The van der Waals surface area contributed by atoms with Gasteiger partial charge >= 0.3 is 5.97 Å². The Morgan fingerprint density at radius 2 is 2.11 bits per heavy atom. The molecule has 5 heteroatoms. The van der Waals surface area contributed by atoms with Gasteiger partial charge in [-0.05, 0) is 0 Å². The van der Waals surface area contributed by atoms with E-state index in [0.717, 1.165) is 0 Å². The number of rotatable bonds is 3. The molecular formula is C4H7NO4. The van der Waals surface area contributed by atoms with Crippen LogP contribution in [0.4, 0.5) is 0 Å². The van der Waals surface area contributed by atoms with E-state index in [1.807, 2.05) is 0 Å². The van der Waals surface area contributed by atoms with E-state index >= 15 is 0 Å². The summed E-state index contributed by atoms with van der Waals surface area (Å²) in [4.78, 5) is 19.5. The normalized spacial score (nSPS) is 16.2. The van der Waals surface area contributed by atoms with Crippen LogP contribution in [0.15, 0.2) is 0 Å². The van der Waals surface area contributed by atoms with Crippen molar-refractivity contribution in [3.05, 3.63) is 0 Å². The summed E-state index contributed by atoms with van der Waals surface area (Å²) in [6, 6.07) is -1.51. The third-order valence-electron chi connectivity index (χ3n) is 0.793. The molecule has 0 spiro atoms. The molecule has 0 aromatic heterocycles. The number of carbonyl (C=O) groups is 2. The number of carboxylic acids is 1. The lowest BCUT2D eigenvalue weighted by atomic mass is 10.2. The molecule has 2 atom stereocenters. The molecule has 0 unspecified atom stereocenters. The van der Waals surface area contributed by atoms with Gasteiger partial charge in [0.1, 0.15) is 12.1 Å². The molecule has 0 saturated heterocycles. The first-order valence-electron chi connectivity index (χ1n) is 2.21. The highest BCUT2D eigenvalue weighted by Crippen LogP contribution is 1.84. The highest BCUT2D eigenvalue weighted by Gasteiger charge is 2.20. The third kappa shape index (κ3) is 2.20. The van der Waals surface area contributed by atoms with Gasteiger partial charge in [-0.2, -0.15) is 0 Å². The topological polar surface area (TPSA) is 101 Å². The first-order chi connectivity index (χ1) is 4.09. The van der Waals surface area contributed by atoms with Gasteiger partial charge in [0.05, 0.1) is 0 Å². The summed E-state index contributed by atoms with van der Waals surface area (Å²) in [6.45, 7) is 0. The minimum absolute atomic E-state index is 0.0821. The predicted molar refractivity (Wildman–Crippen MR) is 27.7 cm³/mol. The summed E-state index contributed by atoms with van der Waals surface area (Å²) in [5.74, 6) is -1.39. The summed E-state index contributed by atoms with van der Waals surface area (Å²) < 4.78 is 0. The second-order valence-electron chi connectivity index (χ2n) is 1.49. The summed E-state index contributed by atoms with van der Waals surface area (Å²) in [6.07, 6.45) is -1.53. The largest absolute Gasteiger partial charge is 0.480 e. The van der Waals surface area contributed by atoms with Gasteiger partial charge in [-0.1, -0.05) is 0 Å². The Bertz CT molecular complexity index is 124. The van der Waals surface area contributed by atoms with Crippen LogP contribution in [0.5, 0.6) is 0 Å². The third-order valence-corrected chi connectivity index (χ3v) is 0.793. The van der Waals surface area contributed by atoms with Gasteiger partial charge in [0.25, 0.3) is 0 Å². The molecule has 5 nitrogen and oxygen atoms in total. The van der Waals surface area contributed by atoms with Crippen molar-refractivity contribution in [2.75, 3.05) is 0 Å². The van der Waals surface area contributed by atoms with Crippen LogP contribution in [0.1, 0.15) is 0 Å². The minimum atomic E-state index is -1.61. The first kappa shape index (κ1) is 8.06. The van der Waals surface area contributed by atoms with Gasteiger partial charge in [0.15, 0.2) is 6.29 Å². The van der Waals surface area contributed by atoms with Crippen LogP contribution in [-0.4, -0.2) is 34.6 Å². The van der Waals surface area contributed by atoms with Crippen LogP contribution >= 0.6 is 0 Å². The molecule has 0 saturated carbocycles. The van der Waals surface area contributed by atoms with Crippen molar-refractivity contribution in [3.63, 3.8) is 0 Å². The number of hydrogen-bond acceptors (Lipinski definition) is 4. The van der Waals surface area contributed by atoms with Gasteiger partial charge in [-0.3, -0.25) is 4.79 Å². The quantitative estimate of drug-likeness (QED) is 0.385. The lowest BCUT2D eigenvalue weighted by Gasteiger charge is -2.05. The number of aliphatic hydroxyl groups is 1. The van der Waals surface area contributed by atoms with Crippen LogP contribution in [0, 0.1) is 0 Å². The Morgan fingerprint density at radius 3 is 2.22 bits per heavy atom.